The van der Waals surface area contributed by atoms with Crippen LogP contribution in [0, 0.1) is 0 Å². The number of hydrogen-bond acceptors (Lipinski definition) is 6. The number of ether oxygens (including phenoxy) is 3. The molecule has 0 saturated carbocycles. The van der Waals surface area contributed by atoms with Crippen molar-refractivity contribution in [2.45, 2.75) is 31.7 Å². The van der Waals surface area contributed by atoms with Crippen LogP contribution in [0.4, 0.5) is 0 Å². The first-order chi connectivity index (χ1) is 15.1. The Hall–Kier alpha value is -3.17. The third kappa shape index (κ3) is 4.95. The highest BCUT2D eigenvalue weighted by molar-refractivity contribution is 5.95. The number of carbonyl (C=O) groups excluding carboxylic acids is 2. The third-order valence-corrected chi connectivity index (χ3v) is 5.27. The lowest BCUT2D eigenvalue weighted by atomic mass is 10.2. The van der Waals surface area contributed by atoms with Gasteiger partial charge in [-0.25, -0.2) is 0 Å². The van der Waals surface area contributed by atoms with E-state index in [4.69, 9.17) is 14.2 Å². The SMILES string of the molecule is O=C(N[C@H]1COCCN1C(=O)c1[nH]ccc(=O)c1OCc1ccccc1)[C@H]1CCCO1. The quantitative estimate of drug-likeness (QED) is 0.713. The Morgan fingerprint density at radius 2 is 2.03 bits per heavy atom. The molecule has 1 aromatic heterocycles. The van der Waals surface area contributed by atoms with Crippen molar-refractivity contribution in [1.82, 2.24) is 15.2 Å². The van der Waals surface area contributed by atoms with Crippen LogP contribution in [-0.4, -0.2) is 60.3 Å². The van der Waals surface area contributed by atoms with Crippen molar-refractivity contribution in [2.75, 3.05) is 26.4 Å². The maximum Gasteiger partial charge on any atom is 0.276 e. The van der Waals surface area contributed by atoms with Gasteiger partial charge < -0.3 is 29.4 Å². The molecule has 0 unspecified atom stereocenters. The summed E-state index contributed by atoms with van der Waals surface area (Å²) in [6, 6.07) is 10.7. The number of aromatic amines is 1. The molecule has 9 nitrogen and oxygen atoms in total. The van der Waals surface area contributed by atoms with E-state index >= 15 is 0 Å². The Bertz CT molecular complexity index is 971. The average molecular weight is 427 g/mol. The van der Waals surface area contributed by atoms with Crippen LogP contribution >= 0.6 is 0 Å². The zero-order valence-electron chi connectivity index (χ0n) is 17.0. The predicted octanol–water partition coefficient (Wildman–Crippen LogP) is 1.05. The van der Waals surface area contributed by atoms with Gasteiger partial charge >= 0.3 is 0 Å². The Balaban J connectivity index is 1.52. The molecule has 0 bridgehead atoms. The number of morpholine rings is 1. The van der Waals surface area contributed by atoms with Crippen LogP contribution in [0.1, 0.15) is 28.9 Å². The summed E-state index contributed by atoms with van der Waals surface area (Å²) in [7, 11) is 0. The number of amides is 2. The molecule has 9 heteroatoms. The van der Waals surface area contributed by atoms with Gasteiger partial charge in [0.15, 0.2) is 11.4 Å². The van der Waals surface area contributed by atoms with Gasteiger partial charge in [-0.1, -0.05) is 30.3 Å². The van der Waals surface area contributed by atoms with E-state index in [1.54, 1.807) is 0 Å². The molecule has 2 aromatic rings. The number of carbonyl (C=O) groups is 2. The minimum Gasteiger partial charge on any atom is -0.483 e. The van der Waals surface area contributed by atoms with Gasteiger partial charge in [0.2, 0.25) is 5.43 Å². The van der Waals surface area contributed by atoms with Crippen molar-refractivity contribution in [1.29, 1.82) is 0 Å². The van der Waals surface area contributed by atoms with Crippen LogP contribution in [0.2, 0.25) is 0 Å². The fourth-order valence-electron chi connectivity index (χ4n) is 3.65. The highest BCUT2D eigenvalue weighted by atomic mass is 16.5. The molecule has 2 saturated heterocycles. The first-order valence-electron chi connectivity index (χ1n) is 10.3. The lowest BCUT2D eigenvalue weighted by Crippen LogP contribution is -2.58. The van der Waals surface area contributed by atoms with Gasteiger partial charge in [-0.15, -0.1) is 0 Å². The van der Waals surface area contributed by atoms with Crippen molar-refractivity contribution in [3.63, 3.8) is 0 Å². The second-order valence-electron chi connectivity index (χ2n) is 7.42. The minimum absolute atomic E-state index is 0.0432. The molecule has 3 heterocycles. The van der Waals surface area contributed by atoms with Crippen molar-refractivity contribution in [3.8, 4) is 5.75 Å². The highest BCUT2D eigenvalue weighted by Crippen LogP contribution is 2.18. The zero-order chi connectivity index (χ0) is 21.6. The number of aromatic nitrogens is 1. The summed E-state index contributed by atoms with van der Waals surface area (Å²) in [6.45, 7) is 1.45. The van der Waals surface area contributed by atoms with Crippen molar-refractivity contribution in [2.24, 2.45) is 0 Å². The van der Waals surface area contributed by atoms with E-state index in [1.807, 2.05) is 30.3 Å². The molecule has 2 amide bonds. The summed E-state index contributed by atoms with van der Waals surface area (Å²) in [5.74, 6) is -0.762. The number of benzene rings is 1. The largest absolute Gasteiger partial charge is 0.483 e. The van der Waals surface area contributed by atoms with Crippen LogP contribution in [0.3, 0.4) is 0 Å². The van der Waals surface area contributed by atoms with Gasteiger partial charge in [0.25, 0.3) is 11.8 Å². The zero-order valence-corrected chi connectivity index (χ0v) is 17.0. The summed E-state index contributed by atoms with van der Waals surface area (Å²) in [6.07, 6.45) is 1.71. The van der Waals surface area contributed by atoms with Gasteiger partial charge in [0.1, 0.15) is 18.9 Å². The van der Waals surface area contributed by atoms with Crippen molar-refractivity contribution < 1.29 is 23.8 Å². The summed E-state index contributed by atoms with van der Waals surface area (Å²) in [5.41, 5.74) is 0.519. The molecule has 2 aliphatic heterocycles. The normalized spacial score (nSPS) is 21.0. The number of hydrogen-bond donors (Lipinski definition) is 2. The molecule has 2 fully saturated rings. The van der Waals surface area contributed by atoms with Crippen LogP contribution in [0.15, 0.2) is 47.4 Å². The fraction of sp³-hybridized carbons (Fsp3) is 0.409. The number of pyridine rings is 1. The molecule has 31 heavy (non-hydrogen) atoms. The predicted molar refractivity (Wildman–Crippen MR) is 111 cm³/mol. The topological polar surface area (TPSA) is 110 Å². The van der Waals surface area contributed by atoms with E-state index in [-0.39, 0.29) is 37.1 Å². The second kappa shape index (κ2) is 9.76. The molecule has 4 rings (SSSR count). The van der Waals surface area contributed by atoms with Crippen LogP contribution in [0.5, 0.6) is 5.75 Å². The molecular formula is C22H25N3O6. The molecule has 0 aliphatic carbocycles. The lowest BCUT2D eigenvalue weighted by Gasteiger charge is -2.36. The van der Waals surface area contributed by atoms with Crippen molar-refractivity contribution in [3.05, 3.63) is 64.1 Å². The van der Waals surface area contributed by atoms with Crippen LogP contribution in [0.25, 0.3) is 0 Å². The summed E-state index contributed by atoms with van der Waals surface area (Å²) < 4.78 is 16.6. The summed E-state index contributed by atoms with van der Waals surface area (Å²) in [5, 5.41) is 2.84. The van der Waals surface area contributed by atoms with Gasteiger partial charge in [0.05, 0.1) is 13.2 Å². The first-order valence-corrected chi connectivity index (χ1v) is 10.3. The Morgan fingerprint density at radius 1 is 1.19 bits per heavy atom. The molecular weight excluding hydrogens is 402 g/mol. The van der Waals surface area contributed by atoms with Gasteiger partial charge in [0, 0.05) is 25.4 Å². The monoisotopic (exact) mass is 427 g/mol. The van der Waals surface area contributed by atoms with Gasteiger partial charge in [-0.05, 0) is 18.4 Å². The fourth-order valence-corrected chi connectivity index (χ4v) is 3.65. The number of H-pyrrole nitrogens is 1. The number of rotatable bonds is 6. The molecule has 2 aliphatic rings. The van der Waals surface area contributed by atoms with Gasteiger partial charge in [-0.2, -0.15) is 0 Å². The summed E-state index contributed by atoms with van der Waals surface area (Å²) >= 11 is 0. The standard InChI is InChI=1S/C22H25N3O6/c26-16-8-9-23-19(20(16)31-13-15-5-2-1-3-6-15)22(28)25-10-12-29-14-18(25)24-21(27)17-7-4-11-30-17/h1-3,5-6,8-9,17-18H,4,7,10-14H2,(H,23,26)(H,24,27)/t17-,18-/m1/s1. The van der Waals surface area contributed by atoms with E-state index in [9.17, 15) is 14.4 Å². The molecule has 2 N–H and O–H groups in total. The number of nitrogens with one attached hydrogen (secondary N) is 2. The van der Waals surface area contributed by atoms with E-state index in [0.29, 0.717) is 19.6 Å². The Morgan fingerprint density at radius 3 is 2.81 bits per heavy atom. The lowest BCUT2D eigenvalue weighted by molar-refractivity contribution is -0.133. The molecule has 0 spiro atoms. The van der Waals surface area contributed by atoms with E-state index in [2.05, 4.69) is 10.3 Å². The molecule has 0 radical (unpaired) electrons. The van der Waals surface area contributed by atoms with Gasteiger partial charge in [-0.3, -0.25) is 14.4 Å². The van der Waals surface area contributed by atoms with E-state index in [0.717, 1.165) is 12.0 Å². The maximum absolute atomic E-state index is 13.3. The Labute approximate surface area is 179 Å². The van der Waals surface area contributed by atoms with E-state index < -0.39 is 23.6 Å². The molecule has 164 valence electrons. The Kier molecular flexibility index (Phi) is 6.63. The van der Waals surface area contributed by atoms with Crippen molar-refractivity contribution >= 4 is 11.8 Å². The average Bonchev–Trinajstić information content (AvgIpc) is 3.34. The highest BCUT2D eigenvalue weighted by Gasteiger charge is 2.34. The molecule has 2 atom stereocenters. The van der Waals surface area contributed by atoms with Crippen LogP contribution < -0.4 is 15.5 Å². The maximum atomic E-state index is 13.3. The third-order valence-electron chi connectivity index (χ3n) is 5.27. The number of nitrogens with zero attached hydrogens (tertiary/aromatic N) is 1. The summed E-state index contributed by atoms with van der Waals surface area (Å²) in [4.78, 5) is 42.6. The molecule has 1 aromatic carbocycles. The van der Waals surface area contributed by atoms with E-state index in [1.165, 1.54) is 17.2 Å². The first kappa shape index (κ1) is 21.1. The minimum atomic E-state index is -0.663. The smallest absolute Gasteiger partial charge is 0.276 e. The van der Waals surface area contributed by atoms with Crippen LogP contribution in [-0.2, 0) is 20.9 Å². The second-order valence-corrected chi connectivity index (χ2v) is 7.42.